The Balaban J connectivity index is 2.39. The third-order valence-corrected chi connectivity index (χ3v) is 6.13. The van der Waals surface area contributed by atoms with Crippen molar-refractivity contribution >= 4 is 10.0 Å². The summed E-state index contributed by atoms with van der Waals surface area (Å²) in [5, 5.41) is 0. The number of nitrogens with two attached hydrogens (primary N) is 1. The second-order valence-electron chi connectivity index (χ2n) is 5.31. The minimum absolute atomic E-state index is 0.146. The lowest BCUT2D eigenvalue weighted by Crippen LogP contribution is -2.35. The van der Waals surface area contributed by atoms with E-state index in [1.54, 1.807) is 16.4 Å². The first kappa shape index (κ1) is 15.5. The molecule has 20 heavy (non-hydrogen) atoms. The summed E-state index contributed by atoms with van der Waals surface area (Å²) in [4.78, 5) is 0.385. The summed E-state index contributed by atoms with van der Waals surface area (Å²) < 4.78 is 27.2. The van der Waals surface area contributed by atoms with Gasteiger partial charge in [0.05, 0.1) is 4.90 Å². The van der Waals surface area contributed by atoms with Crippen LogP contribution in [0.25, 0.3) is 0 Å². The SMILES string of the molecule is CCc1ccc(S(=O)(=O)N2CCCC2CC)cc1CN. The number of hydrogen-bond donors (Lipinski definition) is 1. The van der Waals surface area contributed by atoms with Crippen molar-refractivity contribution in [2.24, 2.45) is 5.73 Å². The number of benzene rings is 1. The maximum absolute atomic E-state index is 12.8. The molecular formula is C15H24N2O2S. The van der Waals surface area contributed by atoms with E-state index in [-0.39, 0.29) is 6.04 Å². The fraction of sp³-hybridized carbons (Fsp3) is 0.600. The lowest BCUT2D eigenvalue weighted by molar-refractivity contribution is 0.379. The van der Waals surface area contributed by atoms with E-state index in [1.165, 1.54) is 0 Å². The minimum atomic E-state index is -3.38. The number of nitrogens with zero attached hydrogens (tertiary/aromatic N) is 1. The van der Waals surface area contributed by atoms with E-state index in [2.05, 4.69) is 6.92 Å². The molecule has 2 rings (SSSR count). The summed E-state index contributed by atoms with van der Waals surface area (Å²) >= 11 is 0. The Hall–Kier alpha value is -0.910. The van der Waals surface area contributed by atoms with Crippen LogP contribution < -0.4 is 5.73 Å². The molecule has 1 aromatic carbocycles. The third kappa shape index (κ3) is 2.75. The zero-order chi connectivity index (χ0) is 14.8. The molecule has 112 valence electrons. The number of hydrogen-bond acceptors (Lipinski definition) is 3. The highest BCUT2D eigenvalue weighted by Gasteiger charge is 2.34. The average Bonchev–Trinajstić information content (AvgIpc) is 2.95. The Bertz CT molecular complexity index is 569. The Labute approximate surface area is 122 Å². The quantitative estimate of drug-likeness (QED) is 0.906. The van der Waals surface area contributed by atoms with Crippen molar-refractivity contribution in [1.82, 2.24) is 4.31 Å². The molecule has 0 amide bonds. The summed E-state index contributed by atoms with van der Waals surface area (Å²) in [5.41, 5.74) is 7.79. The predicted octanol–water partition coefficient (Wildman–Crippen LogP) is 2.27. The van der Waals surface area contributed by atoms with E-state index in [4.69, 9.17) is 5.73 Å². The summed E-state index contributed by atoms with van der Waals surface area (Å²) in [6.45, 7) is 5.11. The van der Waals surface area contributed by atoms with Gasteiger partial charge in [0.1, 0.15) is 0 Å². The Kier molecular flexibility index (Phi) is 4.83. The molecule has 1 heterocycles. The molecule has 1 aliphatic rings. The lowest BCUT2D eigenvalue weighted by Gasteiger charge is -2.23. The van der Waals surface area contributed by atoms with Crippen LogP contribution in [0.5, 0.6) is 0 Å². The molecule has 1 unspecified atom stereocenters. The molecule has 0 saturated carbocycles. The maximum Gasteiger partial charge on any atom is 0.243 e. The van der Waals surface area contributed by atoms with Crippen LogP contribution in [0.2, 0.25) is 0 Å². The molecule has 1 aliphatic heterocycles. The molecule has 0 bridgehead atoms. The zero-order valence-electron chi connectivity index (χ0n) is 12.3. The fourth-order valence-corrected chi connectivity index (χ4v) is 4.79. The Morgan fingerprint density at radius 2 is 2.05 bits per heavy atom. The van der Waals surface area contributed by atoms with E-state index >= 15 is 0 Å². The van der Waals surface area contributed by atoms with E-state index in [0.717, 1.165) is 36.8 Å². The van der Waals surface area contributed by atoms with Crippen LogP contribution in [-0.2, 0) is 23.0 Å². The topological polar surface area (TPSA) is 63.4 Å². The van der Waals surface area contributed by atoms with Gasteiger partial charge >= 0.3 is 0 Å². The van der Waals surface area contributed by atoms with Crippen LogP contribution in [0.15, 0.2) is 23.1 Å². The van der Waals surface area contributed by atoms with Crippen molar-refractivity contribution in [1.29, 1.82) is 0 Å². The van der Waals surface area contributed by atoms with Crippen LogP contribution in [0.3, 0.4) is 0 Å². The molecule has 4 nitrogen and oxygen atoms in total. The summed E-state index contributed by atoms with van der Waals surface area (Å²) in [5.74, 6) is 0. The Morgan fingerprint density at radius 3 is 2.65 bits per heavy atom. The van der Waals surface area contributed by atoms with Gasteiger partial charge in [-0.3, -0.25) is 0 Å². The van der Waals surface area contributed by atoms with Crippen molar-refractivity contribution in [2.45, 2.75) is 57.0 Å². The normalized spacial score (nSPS) is 20.4. The van der Waals surface area contributed by atoms with Crippen molar-refractivity contribution in [2.75, 3.05) is 6.54 Å². The van der Waals surface area contributed by atoms with Crippen LogP contribution in [0.1, 0.15) is 44.2 Å². The smallest absolute Gasteiger partial charge is 0.243 e. The van der Waals surface area contributed by atoms with Crippen molar-refractivity contribution < 1.29 is 8.42 Å². The van der Waals surface area contributed by atoms with E-state index in [0.29, 0.717) is 18.0 Å². The standard InChI is InChI=1S/C15H24N2O2S/c1-3-12-7-8-15(10-13(12)11-16)20(18,19)17-9-5-6-14(17)4-2/h7-8,10,14H,3-6,9,11,16H2,1-2H3. The van der Waals surface area contributed by atoms with Crippen molar-refractivity contribution in [3.05, 3.63) is 29.3 Å². The third-order valence-electron chi connectivity index (χ3n) is 4.18. The number of aryl methyl sites for hydroxylation is 1. The van der Waals surface area contributed by atoms with E-state index < -0.39 is 10.0 Å². The first-order valence-corrected chi connectivity index (χ1v) is 8.82. The molecule has 1 saturated heterocycles. The van der Waals surface area contributed by atoms with Gasteiger partial charge in [-0.05, 0) is 48.9 Å². The number of sulfonamides is 1. The van der Waals surface area contributed by atoms with Gasteiger partial charge in [-0.15, -0.1) is 0 Å². The molecule has 0 aliphatic carbocycles. The van der Waals surface area contributed by atoms with Crippen molar-refractivity contribution in [3.63, 3.8) is 0 Å². The van der Waals surface area contributed by atoms with Gasteiger partial charge in [0.2, 0.25) is 10.0 Å². The predicted molar refractivity (Wildman–Crippen MR) is 80.9 cm³/mol. The van der Waals surface area contributed by atoms with Gasteiger partial charge in [0, 0.05) is 19.1 Å². The highest BCUT2D eigenvalue weighted by atomic mass is 32.2. The second-order valence-corrected chi connectivity index (χ2v) is 7.20. The maximum atomic E-state index is 12.8. The van der Waals surface area contributed by atoms with Gasteiger partial charge in [0.25, 0.3) is 0 Å². The largest absolute Gasteiger partial charge is 0.326 e. The Morgan fingerprint density at radius 1 is 1.30 bits per heavy atom. The lowest BCUT2D eigenvalue weighted by atomic mass is 10.1. The molecular weight excluding hydrogens is 272 g/mol. The molecule has 0 spiro atoms. The van der Waals surface area contributed by atoms with Gasteiger partial charge in [-0.1, -0.05) is 19.9 Å². The van der Waals surface area contributed by atoms with Gasteiger partial charge < -0.3 is 5.73 Å². The van der Waals surface area contributed by atoms with Gasteiger partial charge in [0.15, 0.2) is 0 Å². The monoisotopic (exact) mass is 296 g/mol. The van der Waals surface area contributed by atoms with Gasteiger partial charge in [-0.25, -0.2) is 8.42 Å². The fourth-order valence-electron chi connectivity index (χ4n) is 2.97. The van der Waals surface area contributed by atoms with Crippen LogP contribution >= 0.6 is 0 Å². The van der Waals surface area contributed by atoms with E-state index in [9.17, 15) is 8.42 Å². The summed E-state index contributed by atoms with van der Waals surface area (Å²) in [7, 11) is -3.38. The minimum Gasteiger partial charge on any atom is -0.326 e. The summed E-state index contributed by atoms with van der Waals surface area (Å²) in [6.07, 6.45) is 3.66. The molecule has 0 radical (unpaired) electrons. The molecule has 1 atom stereocenters. The molecule has 2 N–H and O–H groups in total. The number of rotatable bonds is 5. The van der Waals surface area contributed by atoms with Gasteiger partial charge in [-0.2, -0.15) is 4.31 Å². The highest BCUT2D eigenvalue weighted by Crippen LogP contribution is 2.28. The zero-order valence-corrected chi connectivity index (χ0v) is 13.1. The first-order valence-electron chi connectivity index (χ1n) is 7.38. The average molecular weight is 296 g/mol. The van der Waals surface area contributed by atoms with Crippen LogP contribution in [0.4, 0.5) is 0 Å². The molecule has 5 heteroatoms. The van der Waals surface area contributed by atoms with Crippen LogP contribution in [0, 0.1) is 0 Å². The molecule has 0 aromatic heterocycles. The van der Waals surface area contributed by atoms with Crippen molar-refractivity contribution in [3.8, 4) is 0 Å². The molecule has 1 aromatic rings. The van der Waals surface area contributed by atoms with Crippen LogP contribution in [-0.4, -0.2) is 25.3 Å². The second kappa shape index (κ2) is 6.24. The molecule has 1 fully saturated rings. The summed E-state index contributed by atoms with van der Waals surface area (Å²) in [6, 6.07) is 5.51. The highest BCUT2D eigenvalue weighted by molar-refractivity contribution is 7.89. The first-order chi connectivity index (χ1) is 9.54. The van der Waals surface area contributed by atoms with E-state index in [1.807, 2.05) is 13.0 Å².